The van der Waals surface area contributed by atoms with Crippen molar-refractivity contribution in [3.63, 3.8) is 0 Å². The number of benzene rings is 3. The van der Waals surface area contributed by atoms with Crippen LogP contribution in [0.4, 0.5) is 4.79 Å². The number of rotatable bonds is 3. The summed E-state index contributed by atoms with van der Waals surface area (Å²) < 4.78 is 11.8. The van der Waals surface area contributed by atoms with Crippen LogP contribution >= 0.6 is 0 Å². The van der Waals surface area contributed by atoms with Crippen molar-refractivity contribution in [2.45, 2.75) is 56.7 Å². The third kappa shape index (κ3) is 3.95. The first-order chi connectivity index (χ1) is 18.7. The fraction of sp³-hybridized carbons (Fsp3) is 0.312. The van der Waals surface area contributed by atoms with Crippen molar-refractivity contribution < 1.29 is 14.3 Å². The average Bonchev–Trinajstić information content (AvgIpc) is 3.59. The summed E-state index contributed by atoms with van der Waals surface area (Å²) in [5.74, 6) is 1.40. The van der Waals surface area contributed by atoms with Gasteiger partial charge in [-0.25, -0.2) is 4.79 Å². The minimum Gasteiger partial charge on any atom is -0.493 e. The molecule has 7 rings (SSSR count). The van der Waals surface area contributed by atoms with E-state index in [1.54, 1.807) is 4.90 Å². The van der Waals surface area contributed by atoms with Gasteiger partial charge in [0.15, 0.2) is 5.43 Å². The quantitative estimate of drug-likeness (QED) is 0.358. The summed E-state index contributed by atoms with van der Waals surface area (Å²) in [6, 6.07) is 23.8. The maximum Gasteiger partial charge on any atom is 0.411 e. The lowest BCUT2D eigenvalue weighted by Gasteiger charge is -2.31. The molecule has 1 aliphatic carbocycles. The number of carbonyl (C=O) groups excluding carboxylic acids is 1. The number of carbonyl (C=O) groups is 1. The lowest BCUT2D eigenvalue weighted by molar-refractivity contribution is 0.0378. The Morgan fingerprint density at radius 2 is 1.71 bits per heavy atom. The van der Waals surface area contributed by atoms with Gasteiger partial charge in [0.2, 0.25) is 0 Å². The summed E-state index contributed by atoms with van der Waals surface area (Å²) in [5.41, 5.74) is 5.61. The molecule has 1 aromatic heterocycles. The van der Waals surface area contributed by atoms with Gasteiger partial charge in [-0.2, -0.15) is 0 Å². The third-order valence-corrected chi connectivity index (χ3v) is 8.43. The van der Waals surface area contributed by atoms with Gasteiger partial charge in [-0.3, -0.25) is 9.69 Å². The van der Waals surface area contributed by atoms with Crippen LogP contribution in [-0.2, 0) is 17.7 Å². The zero-order chi connectivity index (χ0) is 25.6. The second kappa shape index (κ2) is 9.35. The highest BCUT2D eigenvalue weighted by atomic mass is 16.6. The molecule has 4 aromatic rings. The molecule has 0 bridgehead atoms. The van der Waals surface area contributed by atoms with Gasteiger partial charge in [0.25, 0.3) is 0 Å². The molecule has 38 heavy (non-hydrogen) atoms. The summed E-state index contributed by atoms with van der Waals surface area (Å²) >= 11 is 0. The molecule has 6 heteroatoms. The molecule has 1 saturated carbocycles. The van der Waals surface area contributed by atoms with Crippen LogP contribution in [0.1, 0.15) is 65.6 Å². The number of hydrogen-bond acceptors (Lipinski definition) is 4. The fourth-order valence-electron chi connectivity index (χ4n) is 6.45. The van der Waals surface area contributed by atoms with Gasteiger partial charge in [-0.05, 0) is 72.6 Å². The van der Waals surface area contributed by atoms with E-state index in [-0.39, 0.29) is 24.2 Å². The van der Waals surface area contributed by atoms with Gasteiger partial charge in [0.05, 0.1) is 18.8 Å². The highest BCUT2D eigenvalue weighted by Crippen LogP contribution is 2.41. The van der Waals surface area contributed by atoms with Crippen molar-refractivity contribution >= 4 is 17.0 Å². The van der Waals surface area contributed by atoms with Crippen LogP contribution in [0.25, 0.3) is 10.9 Å². The number of hydrogen-bond donors (Lipinski definition) is 1. The van der Waals surface area contributed by atoms with Crippen molar-refractivity contribution in [1.82, 2.24) is 9.88 Å². The molecule has 192 valence electrons. The molecule has 0 unspecified atom stereocenters. The first-order valence-corrected chi connectivity index (χ1v) is 13.6. The minimum atomic E-state index is -0.415. The molecular weight excluding hydrogens is 476 g/mol. The Bertz CT molecular complexity index is 1570. The lowest BCUT2D eigenvalue weighted by Crippen LogP contribution is -2.35. The molecule has 1 atom stereocenters. The molecule has 3 heterocycles. The van der Waals surface area contributed by atoms with E-state index in [9.17, 15) is 9.59 Å². The Balaban J connectivity index is 1.18. The molecule has 2 aliphatic heterocycles. The van der Waals surface area contributed by atoms with Crippen molar-refractivity contribution in [2.75, 3.05) is 6.61 Å². The molecule has 0 saturated heterocycles. The predicted molar refractivity (Wildman–Crippen MR) is 146 cm³/mol. The maximum absolute atomic E-state index is 13.7. The number of para-hydroxylation sites is 1. The topological polar surface area (TPSA) is 71.6 Å². The SMILES string of the molecule is O=C(OC1CCC(c2ccccc2)CC1)N1Cc2c([nH]c3ccccc3c2=O)[C@H]1c1ccc2c(c1)CCO2. The van der Waals surface area contributed by atoms with E-state index in [4.69, 9.17) is 9.47 Å². The molecule has 3 aromatic carbocycles. The largest absolute Gasteiger partial charge is 0.493 e. The van der Waals surface area contributed by atoms with Crippen LogP contribution in [0.15, 0.2) is 77.6 Å². The summed E-state index contributed by atoms with van der Waals surface area (Å²) in [4.78, 5) is 32.4. The number of amides is 1. The first kappa shape index (κ1) is 23.1. The van der Waals surface area contributed by atoms with Crippen LogP contribution in [0.3, 0.4) is 0 Å². The highest BCUT2D eigenvalue weighted by Gasteiger charge is 2.40. The number of pyridine rings is 1. The van der Waals surface area contributed by atoms with Crippen molar-refractivity contribution in [2.24, 2.45) is 0 Å². The molecule has 1 fully saturated rings. The van der Waals surface area contributed by atoms with E-state index in [0.29, 0.717) is 23.5 Å². The second-order valence-corrected chi connectivity index (χ2v) is 10.7. The predicted octanol–water partition coefficient (Wildman–Crippen LogP) is 6.23. The standard InChI is InChI=1S/C32H30N2O4/c35-31-25-8-4-5-9-27(25)33-29-26(31)19-34(30(29)23-12-15-28-22(18-23)16-17-37-28)32(36)38-24-13-10-21(11-14-24)20-6-2-1-3-7-20/h1-9,12,15,18,21,24,30H,10-11,13-14,16-17,19H2,(H,33,35)/t21?,24?,30-/m1/s1. The van der Waals surface area contributed by atoms with Gasteiger partial charge in [0.1, 0.15) is 17.9 Å². The van der Waals surface area contributed by atoms with E-state index in [1.807, 2.05) is 42.5 Å². The molecule has 0 radical (unpaired) electrons. The third-order valence-electron chi connectivity index (χ3n) is 8.43. The molecule has 3 aliphatic rings. The Hall–Kier alpha value is -4.06. The maximum atomic E-state index is 13.7. The summed E-state index contributed by atoms with van der Waals surface area (Å²) in [5, 5.41) is 0.641. The Kier molecular flexibility index (Phi) is 5.68. The van der Waals surface area contributed by atoms with Gasteiger partial charge >= 0.3 is 6.09 Å². The summed E-state index contributed by atoms with van der Waals surface area (Å²) in [6.07, 6.45) is 4.05. The van der Waals surface area contributed by atoms with Crippen molar-refractivity contribution in [1.29, 1.82) is 0 Å². The Labute approximate surface area is 221 Å². The number of nitrogens with one attached hydrogen (secondary N) is 1. The minimum absolute atomic E-state index is 0.0255. The summed E-state index contributed by atoms with van der Waals surface area (Å²) in [7, 11) is 0. The molecule has 6 nitrogen and oxygen atoms in total. The smallest absolute Gasteiger partial charge is 0.411 e. The van der Waals surface area contributed by atoms with E-state index >= 15 is 0 Å². The van der Waals surface area contributed by atoms with Gasteiger partial charge in [0, 0.05) is 22.9 Å². The molecule has 0 spiro atoms. The van der Waals surface area contributed by atoms with Gasteiger partial charge in [-0.1, -0.05) is 48.5 Å². The molecule has 1 N–H and O–H groups in total. The van der Waals surface area contributed by atoms with Crippen LogP contribution in [0, 0.1) is 0 Å². The molecule has 1 amide bonds. The number of fused-ring (bicyclic) bond motifs is 3. The van der Waals surface area contributed by atoms with Gasteiger partial charge in [-0.15, -0.1) is 0 Å². The zero-order valence-electron chi connectivity index (χ0n) is 21.2. The van der Waals surface area contributed by atoms with Crippen LogP contribution in [-0.4, -0.2) is 28.7 Å². The number of ether oxygens (including phenoxy) is 2. The second-order valence-electron chi connectivity index (χ2n) is 10.7. The lowest BCUT2D eigenvalue weighted by atomic mass is 9.83. The Morgan fingerprint density at radius 3 is 2.55 bits per heavy atom. The Morgan fingerprint density at radius 1 is 0.921 bits per heavy atom. The van der Waals surface area contributed by atoms with Crippen LogP contribution < -0.4 is 10.2 Å². The van der Waals surface area contributed by atoms with Crippen LogP contribution in [0.5, 0.6) is 5.75 Å². The zero-order valence-corrected chi connectivity index (χ0v) is 21.2. The van der Waals surface area contributed by atoms with Crippen molar-refractivity contribution in [3.8, 4) is 5.75 Å². The average molecular weight is 507 g/mol. The molecular formula is C32H30N2O4. The highest BCUT2D eigenvalue weighted by molar-refractivity contribution is 5.81. The number of nitrogens with zero attached hydrogens (tertiary/aromatic N) is 1. The number of H-pyrrole nitrogens is 1. The first-order valence-electron chi connectivity index (χ1n) is 13.6. The number of aromatic amines is 1. The van der Waals surface area contributed by atoms with E-state index < -0.39 is 6.04 Å². The van der Waals surface area contributed by atoms with Crippen molar-refractivity contribution in [3.05, 3.63) is 111 Å². The fourth-order valence-corrected chi connectivity index (χ4v) is 6.45. The van der Waals surface area contributed by atoms with E-state index in [2.05, 4.69) is 35.3 Å². The normalized spacial score (nSPS) is 22.1. The number of aromatic nitrogens is 1. The van der Waals surface area contributed by atoms with E-state index in [0.717, 1.165) is 60.2 Å². The van der Waals surface area contributed by atoms with Gasteiger partial charge < -0.3 is 14.5 Å². The monoisotopic (exact) mass is 506 g/mol. The summed E-state index contributed by atoms with van der Waals surface area (Å²) in [6.45, 7) is 0.894. The van der Waals surface area contributed by atoms with Crippen LogP contribution in [0.2, 0.25) is 0 Å². The van der Waals surface area contributed by atoms with E-state index in [1.165, 1.54) is 5.56 Å².